The monoisotopic (exact) mass is 284 g/mol. The normalized spacial score (nSPS) is 40.0. The maximum absolute atomic E-state index is 12.1. The maximum Gasteiger partial charge on any atom is 0.311 e. The molecule has 1 spiro atoms. The topological polar surface area (TPSA) is 57.5 Å². The van der Waals surface area contributed by atoms with Gasteiger partial charge in [0, 0.05) is 5.41 Å². The standard InChI is InChI=1S/C18H20O3/c1-10-4-3-5-12-13-6-7-18(21)9-17(13,8-11(18)2)15(14(10)12)16(19)20/h3-5,13,15,21H,2,6-9H2,1H3,(H,19,20)/t13?,15?,17-,18-/m0/s1. The highest BCUT2D eigenvalue weighted by molar-refractivity contribution is 5.81. The van der Waals surface area contributed by atoms with Crippen LogP contribution in [0.4, 0.5) is 0 Å². The van der Waals surface area contributed by atoms with Gasteiger partial charge < -0.3 is 10.2 Å². The number of hydrogen-bond donors (Lipinski definition) is 2. The van der Waals surface area contributed by atoms with Gasteiger partial charge in [-0.1, -0.05) is 24.8 Å². The van der Waals surface area contributed by atoms with Crippen molar-refractivity contribution in [2.24, 2.45) is 5.41 Å². The van der Waals surface area contributed by atoms with E-state index in [1.165, 1.54) is 5.56 Å². The molecular weight excluding hydrogens is 264 g/mol. The van der Waals surface area contributed by atoms with Crippen LogP contribution in [-0.2, 0) is 4.79 Å². The van der Waals surface area contributed by atoms with Gasteiger partial charge in [0.25, 0.3) is 0 Å². The zero-order valence-corrected chi connectivity index (χ0v) is 12.2. The zero-order chi connectivity index (χ0) is 15.0. The molecule has 4 atom stereocenters. The molecule has 0 aliphatic heterocycles. The molecule has 2 unspecified atom stereocenters. The first-order chi connectivity index (χ1) is 9.89. The molecule has 0 radical (unpaired) electrons. The molecule has 110 valence electrons. The predicted octanol–water partition coefficient (Wildman–Crippen LogP) is 3.12. The largest absolute Gasteiger partial charge is 0.481 e. The number of carbonyl (C=O) groups is 1. The fourth-order valence-electron chi connectivity index (χ4n) is 5.40. The number of rotatable bonds is 1. The Hall–Kier alpha value is -1.61. The summed E-state index contributed by atoms with van der Waals surface area (Å²) in [6.07, 6.45) is 2.75. The molecule has 0 amide bonds. The molecular formula is C18H20O3. The van der Waals surface area contributed by atoms with Gasteiger partial charge in [-0.25, -0.2) is 0 Å². The van der Waals surface area contributed by atoms with Crippen LogP contribution in [0.3, 0.4) is 0 Å². The molecule has 2 fully saturated rings. The van der Waals surface area contributed by atoms with Gasteiger partial charge in [0.15, 0.2) is 0 Å². The lowest BCUT2D eigenvalue weighted by Crippen LogP contribution is -2.39. The quantitative estimate of drug-likeness (QED) is 0.779. The second-order valence-corrected chi connectivity index (χ2v) is 7.16. The summed E-state index contributed by atoms with van der Waals surface area (Å²) in [5.41, 5.74) is 2.87. The van der Waals surface area contributed by atoms with Crippen molar-refractivity contribution >= 4 is 5.97 Å². The Kier molecular flexibility index (Phi) is 2.35. The van der Waals surface area contributed by atoms with E-state index in [1.54, 1.807) is 0 Å². The Morgan fingerprint density at radius 2 is 2.19 bits per heavy atom. The molecule has 3 aliphatic carbocycles. The summed E-state index contributed by atoms with van der Waals surface area (Å²) in [6, 6.07) is 6.11. The average molecular weight is 284 g/mol. The van der Waals surface area contributed by atoms with Gasteiger partial charge >= 0.3 is 5.97 Å². The van der Waals surface area contributed by atoms with E-state index in [4.69, 9.17) is 0 Å². The fraction of sp³-hybridized carbons (Fsp3) is 0.500. The van der Waals surface area contributed by atoms with E-state index in [-0.39, 0.29) is 11.3 Å². The highest BCUT2D eigenvalue weighted by Gasteiger charge is 2.66. The predicted molar refractivity (Wildman–Crippen MR) is 79.3 cm³/mol. The summed E-state index contributed by atoms with van der Waals surface area (Å²) in [7, 11) is 0. The first-order valence-corrected chi connectivity index (χ1v) is 7.62. The van der Waals surface area contributed by atoms with Crippen LogP contribution in [0, 0.1) is 12.3 Å². The van der Waals surface area contributed by atoms with Crippen LogP contribution in [0.1, 0.15) is 54.2 Å². The van der Waals surface area contributed by atoms with Gasteiger partial charge in [0.2, 0.25) is 0 Å². The Balaban J connectivity index is 1.98. The molecule has 1 aromatic rings. The SMILES string of the molecule is C=C1C[C@]23C[C@@]1(O)CCC2c1cccc(C)c1C3C(=O)O. The maximum atomic E-state index is 12.1. The molecule has 0 aromatic heterocycles. The van der Waals surface area contributed by atoms with E-state index in [9.17, 15) is 15.0 Å². The number of aryl methyl sites for hydroxylation is 1. The number of carboxylic acid groups (broad SMARTS) is 1. The Labute approximate surface area is 124 Å². The Bertz CT molecular complexity index is 677. The van der Waals surface area contributed by atoms with E-state index >= 15 is 0 Å². The number of aliphatic carboxylic acids is 1. The second-order valence-electron chi connectivity index (χ2n) is 7.16. The third kappa shape index (κ3) is 1.40. The minimum absolute atomic E-state index is 0.244. The van der Waals surface area contributed by atoms with Gasteiger partial charge in [-0.2, -0.15) is 0 Å². The van der Waals surface area contributed by atoms with Crippen LogP contribution in [0.15, 0.2) is 30.4 Å². The molecule has 1 aromatic carbocycles. The molecule has 21 heavy (non-hydrogen) atoms. The zero-order valence-electron chi connectivity index (χ0n) is 12.2. The summed E-state index contributed by atoms with van der Waals surface area (Å²) >= 11 is 0. The molecule has 0 saturated heterocycles. The summed E-state index contributed by atoms with van der Waals surface area (Å²) < 4.78 is 0. The highest BCUT2D eigenvalue weighted by atomic mass is 16.4. The van der Waals surface area contributed by atoms with Gasteiger partial charge in [0.1, 0.15) is 0 Å². The molecule has 0 heterocycles. The molecule has 4 rings (SSSR count). The molecule has 2 saturated carbocycles. The van der Waals surface area contributed by atoms with Crippen molar-refractivity contribution in [3.63, 3.8) is 0 Å². The van der Waals surface area contributed by atoms with Gasteiger partial charge in [0.05, 0.1) is 11.5 Å². The summed E-state index contributed by atoms with van der Waals surface area (Å²) in [5.74, 6) is -1.02. The van der Waals surface area contributed by atoms with Crippen molar-refractivity contribution in [1.82, 2.24) is 0 Å². The van der Waals surface area contributed by atoms with Crippen LogP contribution < -0.4 is 0 Å². The number of aliphatic hydroxyl groups is 1. The molecule has 3 aliphatic rings. The third-order valence-electron chi connectivity index (χ3n) is 6.21. The van der Waals surface area contributed by atoms with Crippen molar-refractivity contribution < 1.29 is 15.0 Å². The van der Waals surface area contributed by atoms with E-state index in [2.05, 4.69) is 12.6 Å². The van der Waals surface area contributed by atoms with Crippen LogP contribution in [0.25, 0.3) is 0 Å². The summed E-state index contributed by atoms with van der Waals surface area (Å²) in [4.78, 5) is 12.1. The van der Waals surface area contributed by atoms with E-state index in [0.29, 0.717) is 19.3 Å². The van der Waals surface area contributed by atoms with Crippen molar-refractivity contribution in [2.75, 3.05) is 0 Å². The van der Waals surface area contributed by atoms with E-state index in [0.717, 1.165) is 23.1 Å². The average Bonchev–Trinajstić information content (AvgIpc) is 2.79. The smallest absolute Gasteiger partial charge is 0.311 e. The van der Waals surface area contributed by atoms with Crippen LogP contribution in [-0.4, -0.2) is 21.8 Å². The second kappa shape index (κ2) is 3.77. The minimum Gasteiger partial charge on any atom is -0.481 e. The minimum atomic E-state index is -0.847. The number of benzene rings is 1. The summed E-state index contributed by atoms with van der Waals surface area (Å²) in [5, 5.41) is 20.7. The number of fused-ring (bicyclic) bond motifs is 3. The van der Waals surface area contributed by atoms with Gasteiger partial charge in [-0.3, -0.25) is 4.79 Å². The number of carboxylic acids is 1. The lowest BCUT2D eigenvalue weighted by atomic mass is 9.63. The lowest BCUT2D eigenvalue weighted by molar-refractivity contribution is -0.143. The third-order valence-corrected chi connectivity index (χ3v) is 6.21. The van der Waals surface area contributed by atoms with Gasteiger partial charge in [-0.15, -0.1) is 0 Å². The van der Waals surface area contributed by atoms with Crippen molar-refractivity contribution in [1.29, 1.82) is 0 Å². The molecule has 2 bridgehead atoms. The van der Waals surface area contributed by atoms with Gasteiger partial charge in [-0.05, 0) is 60.8 Å². The molecule has 2 N–H and O–H groups in total. The first kappa shape index (κ1) is 13.1. The molecule has 3 nitrogen and oxygen atoms in total. The van der Waals surface area contributed by atoms with Crippen LogP contribution in [0.5, 0.6) is 0 Å². The Morgan fingerprint density at radius 1 is 1.43 bits per heavy atom. The summed E-state index contributed by atoms with van der Waals surface area (Å²) in [6.45, 7) is 6.06. The number of hydrogen-bond acceptors (Lipinski definition) is 2. The van der Waals surface area contributed by atoms with Crippen molar-refractivity contribution in [3.8, 4) is 0 Å². The van der Waals surface area contributed by atoms with Crippen LogP contribution in [0.2, 0.25) is 0 Å². The molecule has 3 heteroatoms. The lowest BCUT2D eigenvalue weighted by Gasteiger charge is -2.41. The van der Waals surface area contributed by atoms with Crippen molar-refractivity contribution in [3.05, 3.63) is 47.0 Å². The highest BCUT2D eigenvalue weighted by Crippen LogP contribution is 2.71. The Morgan fingerprint density at radius 3 is 2.90 bits per heavy atom. The first-order valence-electron chi connectivity index (χ1n) is 7.62. The van der Waals surface area contributed by atoms with E-state index in [1.807, 2.05) is 19.1 Å². The van der Waals surface area contributed by atoms with Crippen molar-refractivity contribution in [2.45, 2.75) is 50.0 Å². The van der Waals surface area contributed by atoms with E-state index < -0.39 is 17.5 Å². The van der Waals surface area contributed by atoms with Crippen LogP contribution >= 0.6 is 0 Å². The fourth-order valence-corrected chi connectivity index (χ4v) is 5.40.